The molecule has 2 heterocycles. The molecule has 0 amide bonds. The molecular weight excluding hydrogens is 413 g/mol. The van der Waals surface area contributed by atoms with E-state index in [9.17, 15) is 9.59 Å². The second-order valence-corrected chi connectivity index (χ2v) is 7.10. The zero-order chi connectivity index (χ0) is 20.5. The van der Waals surface area contributed by atoms with Gasteiger partial charge in [-0.2, -0.15) is 4.98 Å². The molecule has 146 valence electrons. The van der Waals surface area contributed by atoms with E-state index in [0.29, 0.717) is 38.4 Å². The van der Waals surface area contributed by atoms with Crippen LogP contribution in [0.2, 0.25) is 10.0 Å². The number of hydrogen-bond acceptors (Lipinski definition) is 5. The van der Waals surface area contributed by atoms with Crippen molar-refractivity contribution in [1.82, 2.24) is 9.55 Å². The molecule has 0 aliphatic carbocycles. The predicted octanol–water partition coefficient (Wildman–Crippen LogP) is 4.07. The first-order valence-corrected chi connectivity index (χ1v) is 9.65. The first-order chi connectivity index (χ1) is 14.0. The second kappa shape index (κ2) is 7.81. The molecule has 0 saturated carbocycles. The second-order valence-electron chi connectivity index (χ2n) is 6.26. The number of fused-ring (bicyclic) bond motifs is 3. The van der Waals surface area contributed by atoms with Crippen LogP contribution in [0, 0.1) is 0 Å². The van der Waals surface area contributed by atoms with Crippen LogP contribution in [-0.2, 0) is 11.3 Å². The van der Waals surface area contributed by atoms with Gasteiger partial charge in [0.05, 0.1) is 24.6 Å². The van der Waals surface area contributed by atoms with Crippen LogP contribution >= 0.6 is 23.2 Å². The summed E-state index contributed by atoms with van der Waals surface area (Å²) in [5.74, 6) is -0.290. The Hall–Kier alpha value is -2.96. The van der Waals surface area contributed by atoms with Crippen molar-refractivity contribution in [3.63, 3.8) is 0 Å². The van der Waals surface area contributed by atoms with Crippen molar-refractivity contribution >= 4 is 34.9 Å². The third-order valence-corrected chi connectivity index (χ3v) is 5.01. The van der Waals surface area contributed by atoms with Crippen LogP contribution in [0.4, 0.5) is 0 Å². The van der Waals surface area contributed by atoms with Crippen molar-refractivity contribution in [2.24, 2.45) is 4.99 Å². The summed E-state index contributed by atoms with van der Waals surface area (Å²) in [6.45, 7) is 1.96. The Bertz CT molecular complexity index is 1220. The van der Waals surface area contributed by atoms with Crippen LogP contribution in [0.1, 0.15) is 34.4 Å². The van der Waals surface area contributed by atoms with E-state index in [-0.39, 0.29) is 18.8 Å². The number of benzene rings is 2. The quantitative estimate of drug-likeness (QED) is 0.590. The number of carbonyl (C=O) groups excluding carboxylic acids is 1. The van der Waals surface area contributed by atoms with Gasteiger partial charge in [-0.15, -0.1) is 0 Å². The van der Waals surface area contributed by atoms with Gasteiger partial charge in [-0.3, -0.25) is 14.4 Å². The van der Waals surface area contributed by atoms with Crippen LogP contribution in [0.15, 0.2) is 58.3 Å². The van der Waals surface area contributed by atoms with E-state index in [2.05, 4.69) is 9.98 Å². The number of nitrogens with zero attached hydrogens (tertiary/aromatic N) is 3. The summed E-state index contributed by atoms with van der Waals surface area (Å²) in [5.41, 5.74) is 2.13. The predicted molar refractivity (Wildman–Crippen MR) is 112 cm³/mol. The van der Waals surface area contributed by atoms with E-state index in [4.69, 9.17) is 27.9 Å². The van der Waals surface area contributed by atoms with E-state index >= 15 is 0 Å². The Kier molecular flexibility index (Phi) is 5.22. The molecule has 29 heavy (non-hydrogen) atoms. The minimum Gasteiger partial charge on any atom is -0.461 e. The van der Waals surface area contributed by atoms with E-state index in [0.717, 1.165) is 0 Å². The third-order valence-electron chi connectivity index (χ3n) is 4.45. The SMILES string of the molecule is CCOC(=O)c1cc(=O)nc2n1-c1ccc(Cl)cc1C(c1ccccc1Cl)=NC2. The van der Waals surface area contributed by atoms with Crippen molar-refractivity contribution in [3.8, 4) is 5.69 Å². The molecular formula is C21H15Cl2N3O3. The fourth-order valence-electron chi connectivity index (χ4n) is 3.27. The highest BCUT2D eigenvalue weighted by Crippen LogP contribution is 2.30. The lowest BCUT2D eigenvalue weighted by molar-refractivity contribution is 0.0515. The number of halogens is 2. The number of esters is 1. The molecule has 1 aromatic heterocycles. The lowest BCUT2D eigenvalue weighted by atomic mass is 10.00. The van der Waals surface area contributed by atoms with Gasteiger partial charge in [0.15, 0.2) is 0 Å². The van der Waals surface area contributed by atoms with Crippen molar-refractivity contribution < 1.29 is 9.53 Å². The normalized spacial score (nSPS) is 12.4. The number of carbonyl (C=O) groups is 1. The molecule has 0 atom stereocenters. The Balaban J connectivity index is 2.04. The van der Waals surface area contributed by atoms with Gasteiger partial charge in [0, 0.05) is 27.2 Å². The van der Waals surface area contributed by atoms with Crippen LogP contribution < -0.4 is 5.56 Å². The lowest BCUT2D eigenvalue weighted by Crippen LogP contribution is -2.24. The summed E-state index contributed by atoms with van der Waals surface area (Å²) in [4.78, 5) is 33.4. The van der Waals surface area contributed by atoms with E-state index in [1.54, 1.807) is 35.8 Å². The summed E-state index contributed by atoms with van der Waals surface area (Å²) < 4.78 is 6.74. The van der Waals surface area contributed by atoms with Crippen molar-refractivity contribution in [2.75, 3.05) is 6.61 Å². The lowest BCUT2D eigenvalue weighted by Gasteiger charge is -2.17. The molecule has 3 aromatic rings. The molecule has 0 radical (unpaired) electrons. The first-order valence-electron chi connectivity index (χ1n) is 8.89. The van der Waals surface area contributed by atoms with Crippen LogP contribution in [0.3, 0.4) is 0 Å². The smallest absolute Gasteiger partial charge is 0.355 e. The first kappa shape index (κ1) is 19.4. The van der Waals surface area contributed by atoms with E-state index < -0.39 is 11.5 Å². The number of aliphatic imine (C=N–C) groups is 1. The molecule has 0 saturated heterocycles. The van der Waals surface area contributed by atoms with Crippen molar-refractivity contribution in [1.29, 1.82) is 0 Å². The van der Waals surface area contributed by atoms with Crippen LogP contribution in [-0.4, -0.2) is 27.8 Å². The van der Waals surface area contributed by atoms with Gasteiger partial charge in [0.1, 0.15) is 11.5 Å². The molecule has 2 aromatic carbocycles. The van der Waals surface area contributed by atoms with E-state index in [1.807, 2.05) is 18.2 Å². The molecule has 8 heteroatoms. The van der Waals surface area contributed by atoms with E-state index in [1.165, 1.54) is 6.07 Å². The van der Waals surface area contributed by atoms with Crippen LogP contribution in [0.5, 0.6) is 0 Å². The maximum Gasteiger partial charge on any atom is 0.355 e. The molecule has 4 rings (SSSR count). The van der Waals surface area contributed by atoms with Gasteiger partial charge in [0.25, 0.3) is 5.56 Å². The monoisotopic (exact) mass is 427 g/mol. The maximum absolute atomic E-state index is 12.6. The molecule has 0 fully saturated rings. The highest BCUT2D eigenvalue weighted by molar-refractivity contribution is 6.36. The highest BCUT2D eigenvalue weighted by Gasteiger charge is 2.25. The average Bonchev–Trinajstić information content (AvgIpc) is 2.84. The Labute approximate surface area is 176 Å². The summed E-state index contributed by atoms with van der Waals surface area (Å²) in [5, 5.41) is 1.02. The van der Waals surface area contributed by atoms with Gasteiger partial charge >= 0.3 is 5.97 Å². The fraction of sp³-hybridized carbons (Fsp3) is 0.143. The summed E-state index contributed by atoms with van der Waals surface area (Å²) >= 11 is 12.7. The number of rotatable bonds is 3. The minimum absolute atomic E-state index is 0.0787. The molecule has 0 bridgehead atoms. The van der Waals surface area contributed by atoms with Gasteiger partial charge < -0.3 is 4.74 Å². The third kappa shape index (κ3) is 3.57. The van der Waals surface area contributed by atoms with Gasteiger partial charge in [-0.1, -0.05) is 41.4 Å². The zero-order valence-corrected chi connectivity index (χ0v) is 16.9. The molecule has 0 unspecified atom stereocenters. The van der Waals surface area contributed by atoms with Crippen molar-refractivity contribution in [3.05, 3.63) is 91.6 Å². The standard InChI is InChI=1S/C21H15Cl2N3O3/c1-2-29-21(28)17-10-19(27)25-18-11-24-20(13-5-3-4-6-15(13)23)14-9-12(22)7-8-16(14)26(17)18/h3-10H,2,11H2,1H3. The summed E-state index contributed by atoms with van der Waals surface area (Å²) in [7, 11) is 0. The number of hydrogen-bond donors (Lipinski definition) is 0. The zero-order valence-electron chi connectivity index (χ0n) is 15.4. The average molecular weight is 428 g/mol. The molecule has 1 aliphatic rings. The molecule has 0 N–H and O–H groups in total. The van der Waals surface area contributed by atoms with Crippen molar-refractivity contribution in [2.45, 2.75) is 13.5 Å². The Morgan fingerprint density at radius 3 is 2.69 bits per heavy atom. The fourth-order valence-corrected chi connectivity index (χ4v) is 3.67. The van der Waals surface area contributed by atoms with Gasteiger partial charge in [-0.25, -0.2) is 4.79 Å². The maximum atomic E-state index is 12.6. The molecule has 0 spiro atoms. The topological polar surface area (TPSA) is 73.6 Å². The summed E-state index contributed by atoms with van der Waals surface area (Å²) in [6, 6.07) is 13.7. The summed E-state index contributed by atoms with van der Waals surface area (Å²) in [6.07, 6.45) is 0. The minimum atomic E-state index is -0.615. The Morgan fingerprint density at radius 2 is 1.93 bits per heavy atom. The molecule has 1 aliphatic heterocycles. The highest BCUT2D eigenvalue weighted by atomic mass is 35.5. The number of ether oxygens (including phenoxy) is 1. The van der Waals surface area contributed by atoms with Gasteiger partial charge in [-0.05, 0) is 31.2 Å². The van der Waals surface area contributed by atoms with Crippen LogP contribution in [0.25, 0.3) is 5.69 Å². The van der Waals surface area contributed by atoms with Gasteiger partial charge in [0.2, 0.25) is 0 Å². The molecule has 6 nitrogen and oxygen atoms in total. The Morgan fingerprint density at radius 1 is 1.14 bits per heavy atom. The largest absolute Gasteiger partial charge is 0.461 e. The number of aromatic nitrogens is 2.